The third-order valence-electron chi connectivity index (χ3n) is 2.93. The summed E-state index contributed by atoms with van der Waals surface area (Å²) in [4.78, 5) is 35.3. The third kappa shape index (κ3) is 5.73. The van der Waals surface area contributed by atoms with Gasteiger partial charge in [-0.25, -0.2) is 0 Å². The molecule has 0 bridgehead atoms. The maximum atomic E-state index is 11.8. The number of carbonyl (C=O) groups is 3. The number of hydrogen-bond donors (Lipinski definition) is 2. The van der Waals surface area contributed by atoms with E-state index >= 15 is 0 Å². The number of benzene rings is 1. The molecule has 0 heterocycles. The van der Waals surface area contributed by atoms with E-state index < -0.39 is 5.97 Å². The number of aliphatic carboxylic acids is 1. The molecule has 6 nitrogen and oxygen atoms in total. The SMILES string of the molecule is CN(C)C(=O)c1ccc(NC(=O)CCCCC(=O)O)cc1Cl. The molecule has 0 fully saturated rings. The van der Waals surface area contributed by atoms with Gasteiger partial charge in [0, 0.05) is 32.6 Å². The molecule has 0 aromatic heterocycles. The van der Waals surface area contributed by atoms with Crippen LogP contribution < -0.4 is 5.32 Å². The van der Waals surface area contributed by atoms with Crippen LogP contribution in [0.5, 0.6) is 0 Å². The second-order valence-corrected chi connectivity index (χ2v) is 5.45. The highest BCUT2D eigenvalue weighted by Crippen LogP contribution is 2.22. The lowest BCUT2D eigenvalue weighted by atomic mass is 10.1. The van der Waals surface area contributed by atoms with Crippen molar-refractivity contribution >= 4 is 35.1 Å². The Labute approximate surface area is 134 Å². The summed E-state index contributed by atoms with van der Waals surface area (Å²) in [6.07, 6.45) is 1.26. The van der Waals surface area contributed by atoms with Crippen molar-refractivity contribution in [2.45, 2.75) is 25.7 Å². The Morgan fingerprint density at radius 1 is 1.18 bits per heavy atom. The lowest BCUT2D eigenvalue weighted by Crippen LogP contribution is -2.22. The molecular weight excluding hydrogens is 308 g/mol. The van der Waals surface area contributed by atoms with E-state index in [1.165, 1.54) is 11.0 Å². The number of amides is 2. The Morgan fingerprint density at radius 2 is 1.82 bits per heavy atom. The van der Waals surface area contributed by atoms with Crippen LogP contribution in [0.1, 0.15) is 36.0 Å². The number of carbonyl (C=O) groups excluding carboxylic acids is 2. The molecule has 120 valence electrons. The number of carboxylic acid groups (broad SMARTS) is 1. The molecule has 1 rings (SSSR count). The van der Waals surface area contributed by atoms with Crippen LogP contribution in [0.15, 0.2) is 18.2 Å². The number of unbranched alkanes of at least 4 members (excludes halogenated alkanes) is 1. The first kappa shape index (κ1) is 18.0. The predicted molar refractivity (Wildman–Crippen MR) is 84.2 cm³/mol. The number of carboxylic acids is 1. The summed E-state index contributed by atoms with van der Waals surface area (Å²) < 4.78 is 0. The molecule has 0 aliphatic heterocycles. The number of nitrogens with one attached hydrogen (secondary N) is 1. The molecule has 0 atom stereocenters. The molecule has 2 amide bonds. The van der Waals surface area contributed by atoms with E-state index in [4.69, 9.17) is 16.7 Å². The van der Waals surface area contributed by atoms with E-state index in [1.807, 2.05) is 0 Å². The van der Waals surface area contributed by atoms with Crippen molar-refractivity contribution in [2.75, 3.05) is 19.4 Å². The molecule has 0 saturated heterocycles. The minimum Gasteiger partial charge on any atom is -0.481 e. The Hall–Kier alpha value is -2.08. The molecule has 1 aromatic carbocycles. The summed E-state index contributed by atoms with van der Waals surface area (Å²) in [5.74, 6) is -1.29. The van der Waals surface area contributed by atoms with Crippen LogP contribution in [0.25, 0.3) is 0 Å². The maximum Gasteiger partial charge on any atom is 0.303 e. The van der Waals surface area contributed by atoms with Crippen LogP contribution >= 0.6 is 11.6 Å². The monoisotopic (exact) mass is 326 g/mol. The van der Waals surface area contributed by atoms with Gasteiger partial charge in [-0.2, -0.15) is 0 Å². The zero-order chi connectivity index (χ0) is 16.7. The molecule has 0 spiro atoms. The average Bonchev–Trinajstić information content (AvgIpc) is 2.43. The Balaban J connectivity index is 2.56. The molecule has 22 heavy (non-hydrogen) atoms. The Morgan fingerprint density at radius 3 is 2.36 bits per heavy atom. The number of anilines is 1. The predicted octanol–water partition coefficient (Wildman–Crippen LogP) is 2.63. The van der Waals surface area contributed by atoms with Crippen LogP contribution in [0.2, 0.25) is 5.02 Å². The second-order valence-electron chi connectivity index (χ2n) is 5.04. The van der Waals surface area contributed by atoms with Crippen LogP contribution in [0, 0.1) is 0 Å². The lowest BCUT2D eigenvalue weighted by molar-refractivity contribution is -0.137. The Bertz CT molecular complexity index is 573. The minimum absolute atomic E-state index is 0.0560. The van der Waals surface area contributed by atoms with Crippen molar-refractivity contribution in [1.82, 2.24) is 4.90 Å². The average molecular weight is 327 g/mol. The first-order valence-corrected chi connectivity index (χ1v) is 7.22. The quantitative estimate of drug-likeness (QED) is 0.754. The second kappa shape index (κ2) is 8.38. The zero-order valence-electron chi connectivity index (χ0n) is 12.6. The number of nitrogens with zero attached hydrogens (tertiary/aromatic N) is 1. The lowest BCUT2D eigenvalue weighted by Gasteiger charge is -2.12. The first-order valence-electron chi connectivity index (χ1n) is 6.84. The van der Waals surface area contributed by atoms with Gasteiger partial charge in [-0.1, -0.05) is 11.6 Å². The fourth-order valence-corrected chi connectivity index (χ4v) is 2.05. The van der Waals surface area contributed by atoms with Gasteiger partial charge in [0.25, 0.3) is 5.91 Å². The van der Waals surface area contributed by atoms with Crippen molar-refractivity contribution in [2.24, 2.45) is 0 Å². The molecule has 0 radical (unpaired) electrons. The molecular formula is C15H19ClN2O4. The Kier molecular flexibility index (Phi) is 6.85. The van der Waals surface area contributed by atoms with E-state index in [9.17, 15) is 14.4 Å². The fraction of sp³-hybridized carbons (Fsp3) is 0.400. The first-order chi connectivity index (χ1) is 10.3. The third-order valence-corrected chi connectivity index (χ3v) is 3.25. The van der Waals surface area contributed by atoms with Crippen LogP contribution in [0.4, 0.5) is 5.69 Å². The largest absolute Gasteiger partial charge is 0.481 e. The van der Waals surface area contributed by atoms with E-state index in [-0.39, 0.29) is 29.7 Å². The maximum absolute atomic E-state index is 11.8. The van der Waals surface area contributed by atoms with Gasteiger partial charge < -0.3 is 15.3 Å². The zero-order valence-corrected chi connectivity index (χ0v) is 13.3. The van der Waals surface area contributed by atoms with Gasteiger partial charge in [-0.05, 0) is 31.0 Å². The molecule has 0 saturated carbocycles. The highest BCUT2D eigenvalue weighted by atomic mass is 35.5. The molecule has 1 aromatic rings. The van der Waals surface area contributed by atoms with Crippen molar-refractivity contribution in [3.05, 3.63) is 28.8 Å². The smallest absolute Gasteiger partial charge is 0.303 e. The standard InChI is InChI=1S/C15H19ClN2O4/c1-18(2)15(22)11-8-7-10(9-12(11)16)17-13(19)5-3-4-6-14(20)21/h7-9H,3-6H2,1-2H3,(H,17,19)(H,20,21). The highest BCUT2D eigenvalue weighted by molar-refractivity contribution is 6.34. The molecule has 0 aliphatic carbocycles. The van der Waals surface area contributed by atoms with E-state index in [0.29, 0.717) is 24.1 Å². The number of halogens is 1. The van der Waals surface area contributed by atoms with E-state index in [2.05, 4.69) is 5.32 Å². The van der Waals surface area contributed by atoms with Gasteiger partial charge in [0.2, 0.25) is 5.91 Å². The van der Waals surface area contributed by atoms with Crippen molar-refractivity contribution in [3.8, 4) is 0 Å². The van der Waals surface area contributed by atoms with Gasteiger partial charge in [0.05, 0.1) is 10.6 Å². The van der Waals surface area contributed by atoms with Gasteiger partial charge in [0.15, 0.2) is 0 Å². The molecule has 2 N–H and O–H groups in total. The van der Waals surface area contributed by atoms with Gasteiger partial charge in [-0.3, -0.25) is 14.4 Å². The summed E-state index contributed by atoms with van der Waals surface area (Å²) >= 11 is 6.05. The number of rotatable bonds is 7. The van der Waals surface area contributed by atoms with Crippen LogP contribution in [0.3, 0.4) is 0 Å². The van der Waals surface area contributed by atoms with Gasteiger partial charge >= 0.3 is 5.97 Å². The van der Waals surface area contributed by atoms with Gasteiger partial charge in [0.1, 0.15) is 0 Å². The van der Waals surface area contributed by atoms with E-state index in [0.717, 1.165) is 0 Å². The highest BCUT2D eigenvalue weighted by Gasteiger charge is 2.13. The molecule has 7 heteroatoms. The van der Waals surface area contributed by atoms with Crippen molar-refractivity contribution < 1.29 is 19.5 Å². The van der Waals surface area contributed by atoms with Gasteiger partial charge in [-0.15, -0.1) is 0 Å². The summed E-state index contributed by atoms with van der Waals surface area (Å²) in [5.41, 5.74) is 0.870. The fourth-order valence-electron chi connectivity index (χ4n) is 1.79. The molecule has 0 unspecified atom stereocenters. The van der Waals surface area contributed by atoms with Crippen LogP contribution in [-0.2, 0) is 9.59 Å². The topological polar surface area (TPSA) is 86.7 Å². The van der Waals surface area contributed by atoms with E-state index in [1.54, 1.807) is 26.2 Å². The number of hydrogen-bond acceptors (Lipinski definition) is 3. The minimum atomic E-state index is -0.867. The summed E-state index contributed by atoms with van der Waals surface area (Å²) in [5, 5.41) is 11.4. The molecule has 0 aliphatic rings. The summed E-state index contributed by atoms with van der Waals surface area (Å²) in [6, 6.07) is 4.69. The normalized spacial score (nSPS) is 10.1. The summed E-state index contributed by atoms with van der Waals surface area (Å²) in [6.45, 7) is 0. The van der Waals surface area contributed by atoms with Crippen molar-refractivity contribution in [3.63, 3.8) is 0 Å². The van der Waals surface area contributed by atoms with Crippen molar-refractivity contribution in [1.29, 1.82) is 0 Å². The van der Waals surface area contributed by atoms with Crippen LogP contribution in [-0.4, -0.2) is 41.9 Å². The summed E-state index contributed by atoms with van der Waals surface area (Å²) in [7, 11) is 3.26.